The van der Waals surface area contributed by atoms with Gasteiger partial charge in [-0.1, -0.05) is 124 Å². The fourth-order valence-corrected chi connectivity index (χ4v) is 5.34. The SMILES string of the molecule is CCC.CCCCCCCCCN(CCCCCCCCC)CCCCC1CCCN(CO)CC1. The Balaban J connectivity index is 0.00000365. The van der Waals surface area contributed by atoms with Gasteiger partial charge in [-0.3, -0.25) is 4.90 Å². The Labute approximate surface area is 222 Å². The van der Waals surface area contributed by atoms with E-state index in [1.54, 1.807) is 0 Å². The predicted octanol–water partition coefficient (Wildman–Crippen LogP) is 9.43. The maximum atomic E-state index is 9.38. The molecule has 1 N–H and O–H groups in total. The summed E-state index contributed by atoms with van der Waals surface area (Å²) in [5.41, 5.74) is 0. The minimum atomic E-state index is 0.249. The first-order valence-corrected chi connectivity index (χ1v) is 16.3. The first kappa shape index (κ1) is 34.9. The number of unbranched alkanes of at least 4 members (excludes halogenated alkanes) is 13. The van der Waals surface area contributed by atoms with E-state index in [9.17, 15) is 5.11 Å². The molecule has 0 saturated carbocycles. The highest BCUT2D eigenvalue weighted by atomic mass is 16.3. The zero-order valence-corrected chi connectivity index (χ0v) is 25.0. The van der Waals surface area contributed by atoms with E-state index in [1.165, 1.54) is 154 Å². The molecule has 0 aromatic carbocycles. The molecule has 1 atom stereocenters. The van der Waals surface area contributed by atoms with Crippen molar-refractivity contribution in [2.75, 3.05) is 39.5 Å². The van der Waals surface area contributed by atoms with Crippen LogP contribution in [0.15, 0.2) is 0 Å². The van der Waals surface area contributed by atoms with Gasteiger partial charge in [0.05, 0.1) is 6.73 Å². The Morgan fingerprint density at radius 3 is 1.54 bits per heavy atom. The minimum absolute atomic E-state index is 0.249. The summed E-state index contributed by atoms with van der Waals surface area (Å²) in [6.45, 7) is 15.3. The Morgan fingerprint density at radius 1 is 0.600 bits per heavy atom. The summed E-state index contributed by atoms with van der Waals surface area (Å²) in [5.74, 6) is 0.895. The van der Waals surface area contributed by atoms with E-state index < -0.39 is 0 Å². The second-order valence-corrected chi connectivity index (χ2v) is 11.3. The van der Waals surface area contributed by atoms with Crippen LogP contribution in [0.2, 0.25) is 0 Å². The van der Waals surface area contributed by atoms with Crippen molar-refractivity contribution in [2.24, 2.45) is 5.92 Å². The summed E-state index contributed by atoms with van der Waals surface area (Å²) in [6.07, 6.45) is 29.2. The number of aliphatic hydroxyl groups excluding tert-OH is 1. The second-order valence-electron chi connectivity index (χ2n) is 11.3. The third-order valence-corrected chi connectivity index (χ3v) is 7.63. The summed E-state index contributed by atoms with van der Waals surface area (Å²) in [4.78, 5) is 5.02. The quantitative estimate of drug-likeness (QED) is 0.151. The average molecular weight is 497 g/mol. The number of likely N-dealkylation sites (tertiary alicyclic amines) is 1. The standard InChI is InChI=1S/C29H60N2O.C3H8/c1-3-5-7-9-11-13-16-23-30(24-17-14-12-10-8-6-4-2)25-18-15-20-29-21-19-26-31(28-32)27-22-29;1-3-2/h29,32H,3-28H2,1-2H3;3H2,1-2H3. The molecule has 3 nitrogen and oxygen atoms in total. The summed E-state index contributed by atoms with van der Waals surface area (Å²) in [7, 11) is 0. The van der Waals surface area contributed by atoms with Gasteiger partial charge in [0, 0.05) is 13.1 Å². The van der Waals surface area contributed by atoms with Gasteiger partial charge in [-0.25, -0.2) is 0 Å². The topological polar surface area (TPSA) is 26.7 Å². The number of hydrogen-bond acceptors (Lipinski definition) is 3. The van der Waals surface area contributed by atoms with Crippen LogP contribution in [-0.4, -0.2) is 54.4 Å². The van der Waals surface area contributed by atoms with Crippen LogP contribution in [0.4, 0.5) is 0 Å². The van der Waals surface area contributed by atoms with Crippen molar-refractivity contribution in [2.45, 2.75) is 163 Å². The van der Waals surface area contributed by atoms with E-state index in [-0.39, 0.29) is 6.73 Å². The maximum absolute atomic E-state index is 9.38. The van der Waals surface area contributed by atoms with E-state index in [0.29, 0.717) is 0 Å². The summed E-state index contributed by atoms with van der Waals surface area (Å²) in [5, 5.41) is 9.38. The Kier molecular flexibility index (Phi) is 28.4. The van der Waals surface area contributed by atoms with Gasteiger partial charge in [0.1, 0.15) is 0 Å². The number of aliphatic hydroxyl groups is 1. The zero-order valence-electron chi connectivity index (χ0n) is 25.0. The first-order chi connectivity index (χ1) is 17.2. The summed E-state index contributed by atoms with van der Waals surface area (Å²) >= 11 is 0. The third kappa shape index (κ3) is 24.0. The van der Waals surface area contributed by atoms with Crippen molar-refractivity contribution in [3.05, 3.63) is 0 Å². The van der Waals surface area contributed by atoms with Crippen molar-refractivity contribution in [3.8, 4) is 0 Å². The molecule has 0 bridgehead atoms. The van der Waals surface area contributed by atoms with Crippen molar-refractivity contribution in [1.82, 2.24) is 9.80 Å². The highest BCUT2D eigenvalue weighted by Gasteiger charge is 2.16. The molecule has 3 heteroatoms. The fraction of sp³-hybridized carbons (Fsp3) is 1.00. The molecule has 1 aliphatic rings. The van der Waals surface area contributed by atoms with Crippen LogP contribution in [0, 0.1) is 5.92 Å². The lowest BCUT2D eigenvalue weighted by Crippen LogP contribution is -2.27. The van der Waals surface area contributed by atoms with E-state index >= 15 is 0 Å². The van der Waals surface area contributed by atoms with E-state index in [2.05, 4.69) is 37.5 Å². The smallest absolute Gasteiger partial charge is 0.0956 e. The molecule has 0 amide bonds. The maximum Gasteiger partial charge on any atom is 0.0956 e. The highest BCUT2D eigenvalue weighted by Crippen LogP contribution is 2.22. The molecule has 0 radical (unpaired) electrons. The normalized spacial score (nSPS) is 16.8. The van der Waals surface area contributed by atoms with Gasteiger partial charge in [-0.05, 0) is 64.1 Å². The molecule has 1 unspecified atom stereocenters. The van der Waals surface area contributed by atoms with Gasteiger partial charge >= 0.3 is 0 Å². The van der Waals surface area contributed by atoms with Crippen molar-refractivity contribution < 1.29 is 5.11 Å². The van der Waals surface area contributed by atoms with Gasteiger partial charge in [-0.15, -0.1) is 0 Å². The molecule has 0 aromatic heterocycles. The molecule has 212 valence electrons. The first-order valence-electron chi connectivity index (χ1n) is 16.3. The van der Waals surface area contributed by atoms with Crippen LogP contribution in [0.1, 0.15) is 163 Å². The largest absolute Gasteiger partial charge is 0.381 e. The van der Waals surface area contributed by atoms with Gasteiger partial charge in [-0.2, -0.15) is 0 Å². The van der Waals surface area contributed by atoms with Crippen molar-refractivity contribution in [3.63, 3.8) is 0 Å². The average Bonchev–Trinajstić information content (AvgIpc) is 3.10. The molecule has 1 saturated heterocycles. The lowest BCUT2D eigenvalue weighted by molar-refractivity contribution is 0.110. The molecule has 35 heavy (non-hydrogen) atoms. The molecule has 1 heterocycles. The molecule has 0 spiro atoms. The van der Waals surface area contributed by atoms with Crippen LogP contribution in [0.5, 0.6) is 0 Å². The van der Waals surface area contributed by atoms with Crippen LogP contribution in [0.25, 0.3) is 0 Å². The van der Waals surface area contributed by atoms with Crippen LogP contribution >= 0.6 is 0 Å². The highest BCUT2D eigenvalue weighted by molar-refractivity contribution is 4.69. The molecular formula is C32H68N2O. The summed E-state index contributed by atoms with van der Waals surface area (Å²) < 4.78 is 0. The van der Waals surface area contributed by atoms with Crippen LogP contribution in [0.3, 0.4) is 0 Å². The lowest BCUT2D eigenvalue weighted by atomic mass is 9.94. The molecule has 1 aliphatic heterocycles. The van der Waals surface area contributed by atoms with E-state index in [4.69, 9.17) is 0 Å². The van der Waals surface area contributed by atoms with Crippen LogP contribution < -0.4 is 0 Å². The number of hydrogen-bond donors (Lipinski definition) is 1. The van der Waals surface area contributed by atoms with Crippen molar-refractivity contribution in [1.29, 1.82) is 0 Å². The zero-order chi connectivity index (χ0) is 25.8. The molecule has 1 rings (SSSR count). The third-order valence-electron chi connectivity index (χ3n) is 7.63. The second kappa shape index (κ2) is 28.5. The van der Waals surface area contributed by atoms with Crippen LogP contribution in [-0.2, 0) is 0 Å². The number of rotatable bonds is 22. The van der Waals surface area contributed by atoms with Gasteiger partial charge < -0.3 is 10.0 Å². The molecule has 0 aromatic rings. The van der Waals surface area contributed by atoms with E-state index in [1.807, 2.05) is 0 Å². The molecular weight excluding hydrogens is 428 g/mol. The Morgan fingerprint density at radius 2 is 1.06 bits per heavy atom. The minimum Gasteiger partial charge on any atom is -0.381 e. The number of nitrogens with zero attached hydrogens (tertiary/aromatic N) is 2. The molecule has 0 aliphatic carbocycles. The van der Waals surface area contributed by atoms with Gasteiger partial charge in [0.2, 0.25) is 0 Å². The van der Waals surface area contributed by atoms with Gasteiger partial charge in [0.15, 0.2) is 0 Å². The Hall–Kier alpha value is -0.120. The monoisotopic (exact) mass is 497 g/mol. The Bertz CT molecular complexity index is 372. The van der Waals surface area contributed by atoms with E-state index in [0.717, 1.165) is 19.0 Å². The lowest BCUT2D eigenvalue weighted by Gasteiger charge is -2.23. The fourth-order valence-electron chi connectivity index (χ4n) is 5.34. The summed E-state index contributed by atoms with van der Waals surface area (Å²) in [6, 6.07) is 0. The predicted molar refractivity (Wildman–Crippen MR) is 158 cm³/mol. The van der Waals surface area contributed by atoms with Crippen molar-refractivity contribution >= 4 is 0 Å². The van der Waals surface area contributed by atoms with Gasteiger partial charge in [0.25, 0.3) is 0 Å². The molecule has 1 fully saturated rings.